The van der Waals surface area contributed by atoms with Crippen LogP contribution in [0.25, 0.3) is 0 Å². The lowest BCUT2D eigenvalue weighted by Crippen LogP contribution is -3.06. The molecule has 1 aromatic rings. The van der Waals surface area contributed by atoms with E-state index in [9.17, 15) is 0 Å². The highest BCUT2D eigenvalue weighted by atomic mass is 15.3. The summed E-state index contributed by atoms with van der Waals surface area (Å²) in [6.07, 6.45) is 13.5. The molecule has 2 heterocycles. The van der Waals surface area contributed by atoms with E-state index in [-0.39, 0.29) is 16.6 Å². The molecular weight excluding hydrogens is 494 g/mol. The van der Waals surface area contributed by atoms with Crippen molar-refractivity contribution in [3.63, 3.8) is 0 Å². The van der Waals surface area contributed by atoms with Crippen LogP contribution in [0.1, 0.15) is 152 Å². The van der Waals surface area contributed by atoms with Crippen LogP contribution in [0.15, 0.2) is 0 Å². The fourth-order valence-electron chi connectivity index (χ4n) is 6.72. The molecule has 232 valence electrons. The Morgan fingerprint density at radius 1 is 0.675 bits per heavy atom. The number of nitrogens with two attached hydrogens (primary N) is 1. The quantitative estimate of drug-likeness (QED) is 0.199. The molecule has 0 radical (unpaired) electrons. The number of hydrogen-bond donors (Lipinski definition) is 2. The van der Waals surface area contributed by atoms with Gasteiger partial charge in [-0.05, 0) is 66.2 Å². The van der Waals surface area contributed by atoms with Crippen molar-refractivity contribution in [1.82, 2.24) is 20.3 Å². The van der Waals surface area contributed by atoms with Crippen LogP contribution in [-0.2, 0) is 5.54 Å². The summed E-state index contributed by atoms with van der Waals surface area (Å²) in [5.74, 6) is 2.70. The van der Waals surface area contributed by atoms with E-state index in [4.69, 9.17) is 15.0 Å². The maximum atomic E-state index is 5.34. The van der Waals surface area contributed by atoms with E-state index in [1.165, 1.54) is 25.7 Å². The lowest BCUT2D eigenvalue weighted by molar-refractivity contribution is -0.788. The van der Waals surface area contributed by atoms with E-state index >= 15 is 0 Å². The van der Waals surface area contributed by atoms with Gasteiger partial charge in [0.25, 0.3) is 0 Å². The second kappa shape index (κ2) is 16.2. The first kappa shape index (κ1) is 34.7. The molecule has 7 nitrogen and oxygen atoms in total. The predicted octanol–water partition coefficient (Wildman–Crippen LogP) is 6.57. The first-order valence-corrected chi connectivity index (χ1v) is 16.9. The van der Waals surface area contributed by atoms with Crippen molar-refractivity contribution >= 4 is 11.9 Å². The van der Waals surface area contributed by atoms with Crippen LogP contribution in [0.3, 0.4) is 0 Å². The van der Waals surface area contributed by atoms with Crippen molar-refractivity contribution in [2.45, 2.75) is 169 Å². The topological polar surface area (TPSA) is 73.8 Å². The van der Waals surface area contributed by atoms with Crippen LogP contribution in [0.2, 0.25) is 0 Å². The number of aromatic nitrogens is 3. The Balaban J connectivity index is 2.63. The second-order valence-electron chi connectivity index (χ2n) is 13.8. The van der Waals surface area contributed by atoms with Crippen molar-refractivity contribution in [3.05, 3.63) is 5.82 Å². The first-order chi connectivity index (χ1) is 19.0. The molecule has 40 heavy (non-hydrogen) atoms. The summed E-state index contributed by atoms with van der Waals surface area (Å²) in [5, 5.41) is 6.76. The minimum Gasteiger partial charge on any atom is -0.341 e. The summed E-state index contributed by atoms with van der Waals surface area (Å²) in [7, 11) is 0. The molecule has 1 aromatic heterocycles. The van der Waals surface area contributed by atoms with Gasteiger partial charge < -0.3 is 20.4 Å². The molecule has 0 atom stereocenters. The Labute approximate surface area is 248 Å². The van der Waals surface area contributed by atoms with E-state index < -0.39 is 0 Å². The number of piperidine rings is 1. The smallest absolute Gasteiger partial charge is 0.230 e. The minimum absolute atomic E-state index is 0.205. The molecule has 0 amide bonds. The van der Waals surface area contributed by atoms with Crippen molar-refractivity contribution in [1.29, 1.82) is 0 Å². The summed E-state index contributed by atoms with van der Waals surface area (Å²) in [6, 6.07) is 0.422. The van der Waals surface area contributed by atoms with E-state index in [1.54, 1.807) is 0 Å². The first-order valence-electron chi connectivity index (χ1n) is 16.9. The number of hydrogen-bond acceptors (Lipinski definition) is 6. The molecule has 0 unspecified atom stereocenters. The maximum Gasteiger partial charge on any atom is 0.230 e. The molecule has 0 aromatic carbocycles. The van der Waals surface area contributed by atoms with Crippen molar-refractivity contribution in [3.8, 4) is 0 Å². The fraction of sp³-hybridized carbons (Fsp3) is 0.909. The van der Waals surface area contributed by atoms with Gasteiger partial charge in [-0.2, -0.15) is 15.0 Å². The molecule has 1 aliphatic heterocycles. The van der Waals surface area contributed by atoms with E-state index in [2.05, 4.69) is 89.7 Å². The Morgan fingerprint density at radius 2 is 1.05 bits per heavy atom. The maximum absolute atomic E-state index is 5.34. The number of nitrogens with zero attached hydrogens (tertiary/aromatic N) is 5. The summed E-state index contributed by atoms with van der Waals surface area (Å²) in [5.41, 5.74) is 0.134. The van der Waals surface area contributed by atoms with E-state index in [0.717, 1.165) is 95.3 Å². The Morgan fingerprint density at radius 3 is 1.38 bits per heavy atom. The standard InChI is InChI=1S/C33H65N7/c1-11-17-21-39(22-18-12-2)29-34-28(35-30(36-29)40(23-19-13-3)24-20-14-4)33(15-5,16-6)37-27-25-31(7,8)38-32(9,10)26-27/h27,37-38H,11-26H2,1-10H3/p+1. The minimum atomic E-state index is -0.275. The van der Waals surface area contributed by atoms with Crippen LogP contribution in [0.5, 0.6) is 0 Å². The lowest BCUT2D eigenvalue weighted by atomic mass is 9.78. The van der Waals surface area contributed by atoms with Crippen molar-refractivity contribution in [2.75, 3.05) is 36.0 Å². The molecule has 1 fully saturated rings. The highest BCUT2D eigenvalue weighted by Crippen LogP contribution is 2.33. The number of anilines is 2. The van der Waals surface area contributed by atoms with Gasteiger partial charge in [-0.25, -0.2) is 0 Å². The Kier molecular flexibility index (Phi) is 14.1. The Hall–Kier alpha value is -1.47. The van der Waals surface area contributed by atoms with Crippen LogP contribution in [0, 0.1) is 0 Å². The average Bonchev–Trinajstić information content (AvgIpc) is 2.90. The molecule has 2 rings (SSSR count). The molecule has 0 spiro atoms. The van der Waals surface area contributed by atoms with E-state index in [1.807, 2.05) is 0 Å². The third kappa shape index (κ3) is 10.1. The second-order valence-corrected chi connectivity index (χ2v) is 13.8. The van der Waals surface area contributed by atoms with Crippen LogP contribution in [0.4, 0.5) is 11.9 Å². The number of unbranched alkanes of at least 4 members (excludes halogenated alkanes) is 4. The third-order valence-corrected chi connectivity index (χ3v) is 8.75. The zero-order valence-electron chi connectivity index (χ0n) is 28.2. The zero-order chi connectivity index (χ0) is 29.8. The summed E-state index contributed by atoms with van der Waals surface area (Å²) in [6.45, 7) is 27.3. The fourth-order valence-corrected chi connectivity index (χ4v) is 6.72. The summed E-state index contributed by atoms with van der Waals surface area (Å²) >= 11 is 0. The van der Waals surface area contributed by atoms with Gasteiger partial charge >= 0.3 is 0 Å². The number of rotatable bonds is 19. The molecule has 1 aliphatic rings. The predicted molar refractivity (Wildman–Crippen MR) is 172 cm³/mol. The summed E-state index contributed by atoms with van der Waals surface area (Å²) < 4.78 is 0. The van der Waals surface area contributed by atoms with Gasteiger partial charge in [0.2, 0.25) is 11.9 Å². The van der Waals surface area contributed by atoms with E-state index in [0.29, 0.717) is 6.04 Å². The largest absolute Gasteiger partial charge is 0.341 e. The van der Waals surface area contributed by atoms with Gasteiger partial charge in [0, 0.05) is 45.1 Å². The highest BCUT2D eigenvalue weighted by Gasteiger charge is 2.45. The monoisotopic (exact) mass is 561 g/mol. The number of nitrogens with one attached hydrogen (secondary N) is 1. The molecule has 3 N–H and O–H groups in total. The van der Waals surface area contributed by atoms with Gasteiger partial charge in [-0.3, -0.25) is 0 Å². The van der Waals surface area contributed by atoms with Crippen molar-refractivity contribution in [2.24, 2.45) is 0 Å². The van der Waals surface area contributed by atoms with Crippen LogP contribution in [-0.4, -0.2) is 58.3 Å². The third-order valence-electron chi connectivity index (χ3n) is 8.75. The zero-order valence-corrected chi connectivity index (χ0v) is 28.2. The molecule has 1 saturated heterocycles. The SMILES string of the molecule is CCCCN(CCCC)c1nc(N(CCCC)CCCC)nc(C(CC)(CC)NC2CC(C)(C)[NH2+]C(C)(C)C2)n1. The molecule has 0 aliphatic carbocycles. The van der Waals surface area contributed by atoms with Gasteiger partial charge in [-0.15, -0.1) is 0 Å². The van der Waals surface area contributed by atoms with Crippen LogP contribution < -0.4 is 20.4 Å². The molecule has 7 heteroatoms. The lowest BCUT2D eigenvalue weighted by Gasteiger charge is -2.46. The number of quaternary nitrogens is 1. The van der Waals surface area contributed by atoms with Gasteiger partial charge in [0.05, 0.1) is 16.6 Å². The van der Waals surface area contributed by atoms with Crippen LogP contribution >= 0.6 is 0 Å². The summed E-state index contributed by atoms with van der Waals surface area (Å²) in [4.78, 5) is 20.8. The highest BCUT2D eigenvalue weighted by molar-refractivity contribution is 5.40. The Bertz CT molecular complexity index is 779. The van der Waals surface area contributed by atoms with Gasteiger partial charge in [0.15, 0.2) is 5.82 Å². The molecule has 0 saturated carbocycles. The van der Waals surface area contributed by atoms with Crippen molar-refractivity contribution < 1.29 is 5.32 Å². The van der Waals surface area contributed by atoms with Gasteiger partial charge in [-0.1, -0.05) is 67.2 Å². The molecular formula is C33H66N7+. The average molecular weight is 561 g/mol. The van der Waals surface area contributed by atoms with Gasteiger partial charge in [0.1, 0.15) is 0 Å². The molecule has 0 bridgehead atoms. The normalized spacial score (nSPS) is 17.2.